The molecule has 3 N–H and O–H groups in total. The minimum Gasteiger partial charge on any atom is -0.322 e. The topological polar surface area (TPSA) is 159 Å². The number of carbonyl (C=O) groups is 4. The van der Waals surface area contributed by atoms with Crippen LogP contribution in [0.5, 0.6) is 0 Å². The fraction of sp³-hybridized carbons (Fsp3) is 0.160. The SMILES string of the molecule is O=C1CCC(N2Cc3cc(-n4cc(C(=O)Nc5cccc6ccc(=O)[nH]c56)nn4)ccc3C2=O)C(=O)N1. The molecule has 0 radical (unpaired) electrons. The monoisotopic (exact) mass is 497 g/mol. The first-order valence-electron chi connectivity index (χ1n) is 11.5. The highest BCUT2D eigenvalue weighted by Crippen LogP contribution is 2.29. The Morgan fingerprint density at radius 2 is 1.92 bits per heavy atom. The minimum absolute atomic E-state index is 0.0528. The van der Waals surface area contributed by atoms with Crippen molar-refractivity contribution in [3.8, 4) is 5.69 Å². The van der Waals surface area contributed by atoms with Crippen LogP contribution in [0.25, 0.3) is 16.6 Å². The molecular formula is C25H19N7O5. The van der Waals surface area contributed by atoms with Crippen LogP contribution in [0.1, 0.15) is 39.3 Å². The van der Waals surface area contributed by atoms with Crippen molar-refractivity contribution in [2.75, 3.05) is 5.32 Å². The third kappa shape index (κ3) is 3.93. The number of piperidine rings is 1. The lowest BCUT2D eigenvalue weighted by Gasteiger charge is -2.29. The molecule has 12 heteroatoms. The van der Waals surface area contributed by atoms with E-state index in [1.54, 1.807) is 36.4 Å². The van der Waals surface area contributed by atoms with Gasteiger partial charge in [0.1, 0.15) is 6.04 Å². The summed E-state index contributed by atoms with van der Waals surface area (Å²) >= 11 is 0. The predicted molar refractivity (Wildman–Crippen MR) is 130 cm³/mol. The highest BCUT2D eigenvalue weighted by molar-refractivity contribution is 6.07. The molecular weight excluding hydrogens is 478 g/mol. The summed E-state index contributed by atoms with van der Waals surface area (Å²) in [5.41, 5.74) is 2.45. The van der Waals surface area contributed by atoms with Crippen molar-refractivity contribution in [3.63, 3.8) is 0 Å². The number of aromatic amines is 1. The van der Waals surface area contributed by atoms with Crippen molar-refractivity contribution in [1.29, 1.82) is 0 Å². The van der Waals surface area contributed by atoms with Gasteiger partial charge in [-0.3, -0.25) is 29.3 Å². The minimum atomic E-state index is -0.702. The highest BCUT2D eigenvalue weighted by Gasteiger charge is 2.39. The smallest absolute Gasteiger partial charge is 0.277 e. The number of imide groups is 1. The molecule has 4 heterocycles. The van der Waals surface area contributed by atoms with Gasteiger partial charge < -0.3 is 15.2 Å². The first-order valence-corrected chi connectivity index (χ1v) is 11.5. The molecule has 4 amide bonds. The molecule has 0 spiro atoms. The molecule has 4 aromatic rings. The molecule has 1 fully saturated rings. The van der Waals surface area contributed by atoms with Gasteiger partial charge in [0.2, 0.25) is 17.4 Å². The Morgan fingerprint density at radius 1 is 1.05 bits per heavy atom. The number of hydrogen-bond acceptors (Lipinski definition) is 7. The zero-order chi connectivity index (χ0) is 25.7. The van der Waals surface area contributed by atoms with Crippen LogP contribution in [0.3, 0.4) is 0 Å². The Bertz CT molecular complexity index is 1690. The molecule has 0 aliphatic carbocycles. The van der Waals surface area contributed by atoms with Gasteiger partial charge in [-0.2, -0.15) is 0 Å². The number of amides is 4. The van der Waals surface area contributed by atoms with Gasteiger partial charge in [0, 0.05) is 30.0 Å². The van der Waals surface area contributed by atoms with Crippen LogP contribution in [0.2, 0.25) is 0 Å². The normalized spacial score (nSPS) is 17.1. The fourth-order valence-corrected chi connectivity index (χ4v) is 4.67. The van der Waals surface area contributed by atoms with Gasteiger partial charge in [-0.15, -0.1) is 5.10 Å². The summed E-state index contributed by atoms with van der Waals surface area (Å²) in [7, 11) is 0. The van der Waals surface area contributed by atoms with Gasteiger partial charge in [-0.1, -0.05) is 17.3 Å². The van der Waals surface area contributed by atoms with E-state index in [0.717, 1.165) is 5.39 Å². The van der Waals surface area contributed by atoms with Crippen LogP contribution in [0.4, 0.5) is 5.69 Å². The van der Waals surface area contributed by atoms with Crippen LogP contribution >= 0.6 is 0 Å². The van der Waals surface area contributed by atoms with E-state index in [1.165, 1.54) is 21.8 Å². The molecule has 12 nitrogen and oxygen atoms in total. The van der Waals surface area contributed by atoms with Crippen molar-refractivity contribution in [2.45, 2.75) is 25.4 Å². The number of para-hydroxylation sites is 1. The number of hydrogen-bond donors (Lipinski definition) is 3. The number of anilines is 1. The average molecular weight is 497 g/mol. The van der Waals surface area contributed by atoms with Crippen molar-refractivity contribution >= 4 is 40.2 Å². The maximum atomic E-state index is 12.9. The number of nitrogens with one attached hydrogen (secondary N) is 3. The number of pyridine rings is 1. The molecule has 1 saturated heterocycles. The Labute approximate surface area is 208 Å². The standard InChI is InChI=1S/C25H19N7O5/c33-20-8-4-13-2-1-3-17(22(13)27-20)26-23(35)18-12-32(30-29-18)15-5-6-16-14(10-15)11-31(25(16)37)19-7-9-21(34)28-24(19)36/h1-6,8,10,12,19H,7,9,11H2,(H,26,35)(H,27,33)(H,28,34,36). The Hall–Kier alpha value is -5.13. The third-order valence-corrected chi connectivity index (χ3v) is 6.51. The zero-order valence-electron chi connectivity index (χ0n) is 19.2. The molecule has 37 heavy (non-hydrogen) atoms. The molecule has 1 unspecified atom stereocenters. The lowest BCUT2D eigenvalue weighted by Crippen LogP contribution is -2.52. The van der Waals surface area contributed by atoms with Crippen molar-refractivity contribution in [1.82, 2.24) is 30.2 Å². The quantitative estimate of drug-likeness (QED) is 0.356. The molecule has 0 bridgehead atoms. The van der Waals surface area contributed by atoms with Crippen molar-refractivity contribution in [2.24, 2.45) is 0 Å². The number of rotatable bonds is 4. The van der Waals surface area contributed by atoms with Crippen LogP contribution in [-0.2, 0) is 16.1 Å². The number of nitrogens with zero attached hydrogens (tertiary/aromatic N) is 4. The first-order chi connectivity index (χ1) is 17.9. The van der Waals surface area contributed by atoms with E-state index in [9.17, 15) is 24.0 Å². The van der Waals surface area contributed by atoms with E-state index in [4.69, 9.17) is 0 Å². The van der Waals surface area contributed by atoms with Gasteiger partial charge >= 0.3 is 0 Å². The van der Waals surface area contributed by atoms with E-state index in [2.05, 4.69) is 25.9 Å². The second-order valence-electron chi connectivity index (χ2n) is 8.84. The Morgan fingerprint density at radius 3 is 2.76 bits per heavy atom. The Balaban J connectivity index is 1.22. The molecule has 0 saturated carbocycles. The lowest BCUT2D eigenvalue weighted by molar-refractivity contribution is -0.136. The summed E-state index contributed by atoms with van der Waals surface area (Å²) in [5.74, 6) is -1.60. The van der Waals surface area contributed by atoms with Crippen molar-refractivity contribution in [3.05, 3.63) is 81.9 Å². The second-order valence-corrected chi connectivity index (χ2v) is 8.84. The maximum Gasteiger partial charge on any atom is 0.277 e. The lowest BCUT2D eigenvalue weighted by atomic mass is 10.0. The molecule has 1 atom stereocenters. The number of carbonyl (C=O) groups excluding carboxylic acids is 4. The van der Waals surface area contributed by atoms with Crippen LogP contribution in [0, 0.1) is 0 Å². The molecule has 2 aliphatic rings. The number of H-pyrrole nitrogens is 1. The van der Waals surface area contributed by atoms with Crippen molar-refractivity contribution < 1.29 is 19.2 Å². The highest BCUT2D eigenvalue weighted by atomic mass is 16.2. The van der Waals surface area contributed by atoms with Gasteiger partial charge in [-0.05, 0) is 42.3 Å². The number of aromatic nitrogens is 4. The number of benzene rings is 2. The Kier molecular flexibility index (Phi) is 5.14. The van der Waals surface area contributed by atoms with E-state index >= 15 is 0 Å². The van der Waals surface area contributed by atoms with Gasteiger partial charge in [0.25, 0.3) is 11.8 Å². The van der Waals surface area contributed by atoms with E-state index in [1.807, 2.05) is 6.07 Å². The van der Waals surface area contributed by atoms with E-state index in [0.29, 0.717) is 28.0 Å². The summed E-state index contributed by atoms with van der Waals surface area (Å²) in [6.07, 6.45) is 1.92. The summed E-state index contributed by atoms with van der Waals surface area (Å²) < 4.78 is 1.42. The number of fused-ring (bicyclic) bond motifs is 2. The molecule has 2 aromatic heterocycles. The van der Waals surface area contributed by atoms with Crippen LogP contribution in [-0.4, -0.2) is 54.5 Å². The largest absolute Gasteiger partial charge is 0.322 e. The first kappa shape index (κ1) is 22.3. The third-order valence-electron chi connectivity index (χ3n) is 6.51. The molecule has 6 rings (SSSR count). The molecule has 2 aliphatic heterocycles. The zero-order valence-corrected chi connectivity index (χ0v) is 19.2. The maximum absolute atomic E-state index is 12.9. The van der Waals surface area contributed by atoms with Gasteiger partial charge in [0.15, 0.2) is 5.69 Å². The van der Waals surface area contributed by atoms with Crippen LogP contribution in [0.15, 0.2) is 59.5 Å². The summed E-state index contributed by atoms with van der Waals surface area (Å²) in [5, 5.41) is 13.8. The fourth-order valence-electron chi connectivity index (χ4n) is 4.67. The summed E-state index contributed by atoms with van der Waals surface area (Å²) in [4.78, 5) is 65.4. The predicted octanol–water partition coefficient (Wildman–Crippen LogP) is 1.12. The second kappa shape index (κ2) is 8.52. The molecule has 184 valence electrons. The van der Waals surface area contributed by atoms with E-state index in [-0.39, 0.29) is 42.5 Å². The molecule has 2 aromatic carbocycles. The van der Waals surface area contributed by atoms with Crippen LogP contribution < -0.4 is 16.2 Å². The van der Waals surface area contributed by atoms with E-state index < -0.39 is 17.9 Å². The van der Waals surface area contributed by atoms with Gasteiger partial charge in [0.05, 0.1) is 23.1 Å². The summed E-state index contributed by atoms with van der Waals surface area (Å²) in [6, 6.07) is 12.7. The average Bonchev–Trinajstić information content (AvgIpc) is 3.50. The van der Waals surface area contributed by atoms with Gasteiger partial charge in [-0.25, -0.2) is 4.68 Å². The summed E-state index contributed by atoms with van der Waals surface area (Å²) in [6.45, 7) is 0.218.